The highest BCUT2D eigenvalue weighted by atomic mass is 16.5. The van der Waals surface area contributed by atoms with Crippen LogP contribution >= 0.6 is 0 Å². The molecule has 3 N–H and O–H groups in total. The molecule has 0 radical (unpaired) electrons. The summed E-state index contributed by atoms with van der Waals surface area (Å²) in [6.07, 6.45) is 1.29. The maximum absolute atomic E-state index is 5.64. The molecule has 0 saturated heterocycles. The van der Waals surface area contributed by atoms with Gasteiger partial charge in [0.05, 0.1) is 6.10 Å². The normalized spacial score (nSPS) is 18.8. The zero-order valence-corrected chi connectivity index (χ0v) is 8.68. The minimum atomic E-state index is 0.0623. The van der Waals surface area contributed by atoms with E-state index in [0.717, 1.165) is 13.0 Å². The summed E-state index contributed by atoms with van der Waals surface area (Å²) in [6, 6.07) is 0. The summed E-state index contributed by atoms with van der Waals surface area (Å²) in [4.78, 5) is 0. The first-order valence-electron chi connectivity index (χ1n) is 4.56. The Morgan fingerprint density at radius 3 is 2.50 bits per heavy atom. The van der Waals surface area contributed by atoms with Gasteiger partial charge in [-0.1, -0.05) is 6.92 Å². The molecule has 0 saturated carbocycles. The van der Waals surface area contributed by atoms with Crippen molar-refractivity contribution in [1.82, 2.24) is 5.32 Å². The molecule has 0 aromatic carbocycles. The largest absolute Gasteiger partial charge is 0.380 e. The minimum Gasteiger partial charge on any atom is -0.380 e. The van der Waals surface area contributed by atoms with Crippen LogP contribution in [0.4, 0.5) is 0 Å². The number of hydrogen-bond acceptors (Lipinski definition) is 3. The molecule has 0 fully saturated rings. The van der Waals surface area contributed by atoms with E-state index in [1.807, 2.05) is 6.92 Å². The van der Waals surface area contributed by atoms with Gasteiger partial charge >= 0.3 is 0 Å². The predicted molar refractivity (Wildman–Crippen MR) is 52.2 cm³/mol. The maximum Gasteiger partial charge on any atom is 0.0667 e. The van der Waals surface area contributed by atoms with Crippen molar-refractivity contribution >= 4 is 0 Å². The second-order valence-electron chi connectivity index (χ2n) is 3.55. The molecule has 0 aromatic heterocycles. The lowest BCUT2D eigenvalue weighted by Crippen LogP contribution is -2.50. The fraction of sp³-hybridized carbons (Fsp3) is 1.00. The topological polar surface area (TPSA) is 47.3 Å². The van der Waals surface area contributed by atoms with Crippen molar-refractivity contribution in [3.63, 3.8) is 0 Å². The molecular formula is C9H22N2O. The lowest BCUT2D eigenvalue weighted by molar-refractivity contribution is 0.108. The molecule has 0 rings (SSSR count). The highest BCUT2D eigenvalue weighted by Crippen LogP contribution is 2.06. The van der Waals surface area contributed by atoms with Crippen molar-refractivity contribution in [3.05, 3.63) is 0 Å². The van der Waals surface area contributed by atoms with Crippen LogP contribution < -0.4 is 11.1 Å². The number of nitrogens with one attached hydrogen (secondary N) is 1. The van der Waals surface area contributed by atoms with Crippen molar-refractivity contribution in [3.8, 4) is 0 Å². The van der Waals surface area contributed by atoms with Crippen LogP contribution in [0.15, 0.2) is 0 Å². The first kappa shape index (κ1) is 11.9. The third kappa shape index (κ3) is 4.04. The molecule has 0 amide bonds. The third-order valence-corrected chi connectivity index (χ3v) is 2.45. The summed E-state index contributed by atoms with van der Waals surface area (Å²) in [5.41, 5.74) is 5.70. The van der Waals surface area contributed by atoms with E-state index in [2.05, 4.69) is 19.2 Å². The van der Waals surface area contributed by atoms with E-state index in [4.69, 9.17) is 10.5 Å². The summed E-state index contributed by atoms with van der Waals surface area (Å²) < 4.78 is 5.13. The Hall–Kier alpha value is -0.120. The van der Waals surface area contributed by atoms with E-state index in [1.165, 1.54) is 0 Å². The van der Waals surface area contributed by atoms with Crippen molar-refractivity contribution in [2.75, 3.05) is 20.2 Å². The van der Waals surface area contributed by atoms with Gasteiger partial charge in [0.15, 0.2) is 0 Å². The molecule has 0 aliphatic heterocycles. The van der Waals surface area contributed by atoms with Crippen LogP contribution in [0.1, 0.15) is 27.2 Å². The molecule has 12 heavy (non-hydrogen) atoms. The van der Waals surface area contributed by atoms with Gasteiger partial charge in [-0.3, -0.25) is 0 Å². The molecule has 3 heteroatoms. The maximum atomic E-state index is 5.64. The zero-order valence-electron chi connectivity index (χ0n) is 8.68. The number of nitrogens with two attached hydrogens (primary N) is 1. The van der Waals surface area contributed by atoms with Crippen LogP contribution in [0.25, 0.3) is 0 Å². The Bertz CT molecular complexity index is 113. The summed E-state index contributed by atoms with van der Waals surface area (Å²) in [5, 5.41) is 3.40. The summed E-state index contributed by atoms with van der Waals surface area (Å²) in [5.74, 6) is 0. The first-order chi connectivity index (χ1) is 5.58. The average Bonchev–Trinajstić information content (AvgIpc) is 2.13. The monoisotopic (exact) mass is 174 g/mol. The van der Waals surface area contributed by atoms with Gasteiger partial charge in [0, 0.05) is 25.7 Å². The van der Waals surface area contributed by atoms with Gasteiger partial charge < -0.3 is 15.8 Å². The van der Waals surface area contributed by atoms with Gasteiger partial charge in [0.1, 0.15) is 0 Å². The molecular weight excluding hydrogens is 152 g/mol. The SMILES string of the molecule is CCC(C)(CN)NCC(C)OC. The van der Waals surface area contributed by atoms with Crippen LogP contribution in [0.3, 0.4) is 0 Å². The van der Waals surface area contributed by atoms with Crippen molar-refractivity contribution in [2.45, 2.75) is 38.8 Å². The van der Waals surface area contributed by atoms with Crippen LogP contribution in [0.5, 0.6) is 0 Å². The van der Waals surface area contributed by atoms with E-state index in [9.17, 15) is 0 Å². The van der Waals surface area contributed by atoms with E-state index >= 15 is 0 Å². The molecule has 74 valence electrons. The summed E-state index contributed by atoms with van der Waals surface area (Å²) in [6.45, 7) is 7.84. The Morgan fingerprint density at radius 1 is 1.58 bits per heavy atom. The van der Waals surface area contributed by atoms with Crippen molar-refractivity contribution in [2.24, 2.45) is 5.73 Å². The number of hydrogen-bond donors (Lipinski definition) is 2. The highest BCUT2D eigenvalue weighted by Gasteiger charge is 2.19. The predicted octanol–water partition coefficient (Wildman–Crippen LogP) is 0.738. The highest BCUT2D eigenvalue weighted by molar-refractivity contribution is 4.82. The van der Waals surface area contributed by atoms with Gasteiger partial charge in [0.25, 0.3) is 0 Å². The Kier molecular flexibility index (Phi) is 5.46. The molecule has 2 unspecified atom stereocenters. The second-order valence-corrected chi connectivity index (χ2v) is 3.55. The Morgan fingerprint density at radius 2 is 2.17 bits per heavy atom. The molecule has 2 atom stereocenters. The quantitative estimate of drug-likeness (QED) is 0.624. The van der Waals surface area contributed by atoms with Gasteiger partial charge in [-0.25, -0.2) is 0 Å². The molecule has 0 heterocycles. The fourth-order valence-electron chi connectivity index (χ4n) is 0.815. The van der Waals surface area contributed by atoms with Gasteiger partial charge in [0.2, 0.25) is 0 Å². The molecule has 0 aromatic rings. The molecule has 0 aliphatic rings. The van der Waals surface area contributed by atoms with Crippen LogP contribution in [0, 0.1) is 0 Å². The third-order valence-electron chi connectivity index (χ3n) is 2.45. The minimum absolute atomic E-state index is 0.0623. The van der Waals surface area contributed by atoms with Gasteiger partial charge in [-0.05, 0) is 20.3 Å². The molecule has 0 aliphatic carbocycles. The van der Waals surface area contributed by atoms with E-state index < -0.39 is 0 Å². The Labute approximate surface area is 75.7 Å². The molecule has 0 spiro atoms. The van der Waals surface area contributed by atoms with Gasteiger partial charge in [-0.15, -0.1) is 0 Å². The van der Waals surface area contributed by atoms with Crippen molar-refractivity contribution < 1.29 is 4.74 Å². The number of rotatable bonds is 6. The van der Waals surface area contributed by atoms with Crippen LogP contribution in [0.2, 0.25) is 0 Å². The lowest BCUT2D eigenvalue weighted by Gasteiger charge is -2.29. The zero-order chi connectivity index (χ0) is 9.61. The van der Waals surface area contributed by atoms with Crippen LogP contribution in [-0.2, 0) is 4.74 Å². The lowest BCUT2D eigenvalue weighted by atomic mass is 9.99. The second kappa shape index (κ2) is 5.51. The smallest absolute Gasteiger partial charge is 0.0667 e. The summed E-state index contributed by atoms with van der Waals surface area (Å²) >= 11 is 0. The fourth-order valence-corrected chi connectivity index (χ4v) is 0.815. The average molecular weight is 174 g/mol. The van der Waals surface area contributed by atoms with Crippen LogP contribution in [-0.4, -0.2) is 31.8 Å². The molecule has 3 nitrogen and oxygen atoms in total. The van der Waals surface area contributed by atoms with Gasteiger partial charge in [-0.2, -0.15) is 0 Å². The number of methoxy groups -OCH3 is 1. The van der Waals surface area contributed by atoms with Crippen molar-refractivity contribution in [1.29, 1.82) is 0 Å². The summed E-state index contributed by atoms with van der Waals surface area (Å²) in [7, 11) is 1.72. The van der Waals surface area contributed by atoms with E-state index in [-0.39, 0.29) is 11.6 Å². The standard InChI is InChI=1S/C9H22N2O/c1-5-9(3,7-10)11-6-8(2)12-4/h8,11H,5-7,10H2,1-4H3. The number of ether oxygens (including phenoxy) is 1. The Balaban J connectivity index is 3.72. The molecule has 0 bridgehead atoms. The van der Waals surface area contributed by atoms with E-state index in [0.29, 0.717) is 6.54 Å². The first-order valence-corrected chi connectivity index (χ1v) is 4.56. The van der Waals surface area contributed by atoms with E-state index in [1.54, 1.807) is 7.11 Å².